The molecule has 1 heterocycles. The third-order valence-corrected chi connectivity index (χ3v) is 3.53. The minimum absolute atomic E-state index is 0.195. The number of hydrogen-bond acceptors (Lipinski definition) is 5. The van der Waals surface area contributed by atoms with E-state index in [2.05, 4.69) is 5.32 Å². The number of esters is 1. The number of carbonyl (C=O) groups is 2. The Hall–Kier alpha value is -2.76. The molecule has 1 aromatic carbocycles. The number of fused-ring (bicyclic) bond motifs is 1. The molecule has 2 rings (SSSR count). The minimum atomic E-state index is -0.477. The first-order valence-electron chi connectivity index (χ1n) is 7.67. The predicted molar refractivity (Wildman–Crippen MR) is 88.7 cm³/mol. The highest BCUT2D eigenvalue weighted by Crippen LogP contribution is 2.33. The number of nitrogens with one attached hydrogen (secondary N) is 1. The summed E-state index contributed by atoms with van der Waals surface area (Å²) >= 11 is 0. The summed E-state index contributed by atoms with van der Waals surface area (Å²) in [6, 6.07) is 5.52. The molecule has 0 bridgehead atoms. The van der Waals surface area contributed by atoms with Gasteiger partial charge in [0, 0.05) is 12.6 Å². The molecule has 0 fully saturated rings. The highest BCUT2D eigenvalue weighted by atomic mass is 16.7. The summed E-state index contributed by atoms with van der Waals surface area (Å²) in [7, 11) is 1.34. The van der Waals surface area contributed by atoms with Crippen molar-refractivity contribution in [3.05, 3.63) is 48.1 Å². The van der Waals surface area contributed by atoms with Gasteiger partial charge in [0.05, 0.1) is 13.0 Å². The van der Waals surface area contributed by atoms with Gasteiger partial charge in [-0.3, -0.25) is 9.59 Å². The van der Waals surface area contributed by atoms with Gasteiger partial charge in [-0.15, -0.1) is 0 Å². The molecular formula is C18H21NO5. The quantitative estimate of drug-likeness (QED) is 0.470. The maximum atomic E-state index is 12.0. The number of hydrogen-bond donors (Lipinski definition) is 1. The molecular weight excluding hydrogens is 310 g/mol. The zero-order valence-corrected chi connectivity index (χ0v) is 13.8. The molecule has 128 valence electrons. The fraction of sp³-hybridized carbons (Fsp3) is 0.333. The van der Waals surface area contributed by atoms with Crippen molar-refractivity contribution in [1.29, 1.82) is 0 Å². The van der Waals surface area contributed by atoms with Crippen LogP contribution in [0.3, 0.4) is 0 Å². The smallest absolute Gasteiger partial charge is 0.310 e. The molecule has 1 atom stereocenters. The van der Waals surface area contributed by atoms with E-state index in [1.807, 2.05) is 31.2 Å². The molecule has 1 amide bonds. The van der Waals surface area contributed by atoms with Gasteiger partial charge in [0.15, 0.2) is 11.5 Å². The number of carbonyl (C=O) groups excluding carboxylic acids is 2. The van der Waals surface area contributed by atoms with Crippen LogP contribution in [0.15, 0.2) is 42.5 Å². The molecule has 0 spiro atoms. The van der Waals surface area contributed by atoms with Crippen molar-refractivity contribution in [2.45, 2.75) is 13.3 Å². The zero-order chi connectivity index (χ0) is 17.4. The van der Waals surface area contributed by atoms with Crippen LogP contribution in [0.5, 0.6) is 11.5 Å². The lowest BCUT2D eigenvalue weighted by Crippen LogP contribution is -2.33. The van der Waals surface area contributed by atoms with Gasteiger partial charge >= 0.3 is 5.97 Å². The van der Waals surface area contributed by atoms with Crippen molar-refractivity contribution in [3.8, 4) is 11.5 Å². The van der Waals surface area contributed by atoms with E-state index in [1.54, 1.807) is 12.2 Å². The van der Waals surface area contributed by atoms with Crippen LogP contribution in [-0.4, -0.2) is 32.3 Å². The van der Waals surface area contributed by atoms with Gasteiger partial charge in [-0.05, 0) is 31.0 Å². The molecule has 24 heavy (non-hydrogen) atoms. The van der Waals surface area contributed by atoms with Gasteiger partial charge in [-0.1, -0.05) is 24.3 Å². The van der Waals surface area contributed by atoms with E-state index in [9.17, 15) is 9.59 Å². The fourth-order valence-corrected chi connectivity index (χ4v) is 2.29. The van der Waals surface area contributed by atoms with E-state index < -0.39 is 5.92 Å². The second-order valence-electron chi connectivity index (χ2n) is 5.24. The number of allylic oxidation sites excluding steroid dienone is 3. The fourth-order valence-electron chi connectivity index (χ4n) is 2.29. The normalized spacial score (nSPS) is 14.1. The third kappa shape index (κ3) is 4.87. The second-order valence-corrected chi connectivity index (χ2v) is 5.24. The van der Waals surface area contributed by atoms with E-state index in [4.69, 9.17) is 14.2 Å². The molecule has 1 aromatic rings. The molecule has 0 saturated carbocycles. The molecule has 6 heteroatoms. The van der Waals surface area contributed by atoms with Crippen LogP contribution < -0.4 is 14.8 Å². The summed E-state index contributed by atoms with van der Waals surface area (Å²) in [5, 5.41) is 2.71. The highest BCUT2D eigenvalue weighted by molar-refractivity contribution is 5.88. The van der Waals surface area contributed by atoms with E-state index in [0.29, 0.717) is 17.9 Å². The monoisotopic (exact) mass is 331 g/mol. The van der Waals surface area contributed by atoms with Gasteiger partial charge in [-0.25, -0.2) is 0 Å². The van der Waals surface area contributed by atoms with Gasteiger partial charge in [0.25, 0.3) is 0 Å². The third-order valence-electron chi connectivity index (χ3n) is 3.53. The number of ether oxygens (including phenoxy) is 3. The lowest BCUT2D eigenvalue weighted by Gasteiger charge is -2.15. The summed E-state index contributed by atoms with van der Waals surface area (Å²) in [6.07, 6.45) is 7.06. The Morgan fingerprint density at radius 2 is 2.08 bits per heavy atom. The van der Waals surface area contributed by atoms with Gasteiger partial charge in [0.1, 0.15) is 0 Å². The van der Waals surface area contributed by atoms with Crippen molar-refractivity contribution < 1.29 is 23.8 Å². The average Bonchev–Trinajstić information content (AvgIpc) is 3.05. The van der Waals surface area contributed by atoms with Crippen LogP contribution in [0.25, 0.3) is 0 Å². The molecule has 1 N–H and O–H groups in total. The largest absolute Gasteiger partial charge is 0.469 e. The molecule has 0 saturated heterocycles. The second kappa shape index (κ2) is 8.76. The van der Waals surface area contributed by atoms with E-state index in [-0.39, 0.29) is 25.2 Å². The van der Waals surface area contributed by atoms with Crippen LogP contribution in [0, 0.1) is 5.92 Å². The topological polar surface area (TPSA) is 73.9 Å². The summed E-state index contributed by atoms with van der Waals surface area (Å²) < 4.78 is 15.4. The van der Waals surface area contributed by atoms with E-state index in [1.165, 1.54) is 13.2 Å². The summed E-state index contributed by atoms with van der Waals surface area (Å²) in [6.45, 7) is 2.26. The summed E-state index contributed by atoms with van der Waals surface area (Å²) in [5.74, 6) is 0.248. The van der Waals surface area contributed by atoms with Gasteiger partial charge in [-0.2, -0.15) is 0 Å². The van der Waals surface area contributed by atoms with Crippen LogP contribution in [0.4, 0.5) is 0 Å². The first kappa shape index (κ1) is 17.6. The molecule has 1 aliphatic heterocycles. The maximum absolute atomic E-state index is 12.0. The Kier molecular flexibility index (Phi) is 6.42. The lowest BCUT2D eigenvalue weighted by atomic mass is 9.99. The lowest BCUT2D eigenvalue weighted by molar-refractivity contribution is -0.145. The first-order valence-corrected chi connectivity index (χ1v) is 7.67. The molecule has 0 radical (unpaired) electrons. The van der Waals surface area contributed by atoms with Gasteiger partial charge in [0.2, 0.25) is 12.7 Å². The molecule has 0 aromatic heterocycles. The SMILES string of the molecule is C/C=C/C=C/C(=O)NCC(Cc1ccc2c(c1)OCO2)C(=O)OC. The number of amides is 1. The van der Waals surface area contributed by atoms with Crippen molar-refractivity contribution in [2.75, 3.05) is 20.4 Å². The van der Waals surface area contributed by atoms with E-state index in [0.717, 1.165) is 5.56 Å². The predicted octanol–water partition coefficient (Wildman–Crippen LogP) is 2.00. The standard InChI is InChI=1S/C18H21NO5/c1-3-4-5-6-17(20)19-11-14(18(21)22-2)9-13-7-8-15-16(10-13)24-12-23-15/h3-8,10,14H,9,11-12H2,1-2H3,(H,19,20)/b4-3+,6-5+. The molecule has 1 aliphatic rings. The van der Waals surface area contributed by atoms with Crippen LogP contribution >= 0.6 is 0 Å². The number of rotatable bonds is 7. The molecule has 0 aliphatic carbocycles. The van der Waals surface area contributed by atoms with Crippen molar-refractivity contribution in [2.24, 2.45) is 5.92 Å². The Bertz CT molecular complexity index is 651. The average molecular weight is 331 g/mol. The van der Waals surface area contributed by atoms with Crippen molar-refractivity contribution in [1.82, 2.24) is 5.32 Å². The van der Waals surface area contributed by atoms with Crippen LogP contribution in [0.2, 0.25) is 0 Å². The minimum Gasteiger partial charge on any atom is -0.469 e. The van der Waals surface area contributed by atoms with Crippen molar-refractivity contribution >= 4 is 11.9 Å². The Balaban J connectivity index is 1.98. The van der Waals surface area contributed by atoms with Crippen LogP contribution in [0.1, 0.15) is 12.5 Å². The summed E-state index contributed by atoms with van der Waals surface area (Å²) in [5.41, 5.74) is 0.911. The highest BCUT2D eigenvalue weighted by Gasteiger charge is 2.22. The van der Waals surface area contributed by atoms with Crippen LogP contribution in [-0.2, 0) is 20.7 Å². The number of benzene rings is 1. The Labute approximate surface area is 141 Å². The Morgan fingerprint density at radius 1 is 1.29 bits per heavy atom. The molecule has 6 nitrogen and oxygen atoms in total. The van der Waals surface area contributed by atoms with E-state index >= 15 is 0 Å². The first-order chi connectivity index (χ1) is 11.6. The maximum Gasteiger partial charge on any atom is 0.310 e. The molecule has 1 unspecified atom stereocenters. The van der Waals surface area contributed by atoms with Gasteiger partial charge < -0.3 is 19.5 Å². The van der Waals surface area contributed by atoms with Crippen molar-refractivity contribution in [3.63, 3.8) is 0 Å². The number of methoxy groups -OCH3 is 1. The Morgan fingerprint density at radius 3 is 2.83 bits per heavy atom. The summed E-state index contributed by atoms with van der Waals surface area (Å²) in [4.78, 5) is 23.7. The zero-order valence-electron chi connectivity index (χ0n) is 13.8.